The number of carbonyl (C=O) groups excluding carboxylic acids is 1. The van der Waals surface area contributed by atoms with Crippen molar-refractivity contribution in [1.29, 1.82) is 0 Å². The number of hydrogen-bond acceptors (Lipinski definition) is 4. The molecule has 108 valence electrons. The fourth-order valence-corrected chi connectivity index (χ4v) is 2.23. The van der Waals surface area contributed by atoms with Crippen molar-refractivity contribution in [1.82, 2.24) is 14.7 Å². The molecule has 0 amide bonds. The van der Waals surface area contributed by atoms with E-state index in [1.54, 1.807) is 10.9 Å². The summed E-state index contributed by atoms with van der Waals surface area (Å²) in [6.07, 6.45) is 2.54. The van der Waals surface area contributed by atoms with Crippen molar-refractivity contribution in [3.63, 3.8) is 0 Å². The first kappa shape index (κ1) is 16.3. The molecule has 19 heavy (non-hydrogen) atoms. The van der Waals surface area contributed by atoms with Gasteiger partial charge in [-0.05, 0) is 35.9 Å². The van der Waals surface area contributed by atoms with Crippen LogP contribution in [-0.2, 0) is 6.54 Å². The summed E-state index contributed by atoms with van der Waals surface area (Å²) in [5.74, 6) is 0.120. The second-order valence-corrected chi connectivity index (χ2v) is 6.00. The van der Waals surface area contributed by atoms with Crippen LogP contribution in [0.5, 0.6) is 0 Å². The van der Waals surface area contributed by atoms with Crippen LogP contribution < -0.4 is 5.73 Å². The maximum Gasteiger partial charge on any atom is 0.198 e. The number of nitrogens with two attached hydrogens (primary N) is 1. The molecule has 6 heteroatoms. The Bertz CT molecular complexity index is 430. The van der Waals surface area contributed by atoms with Crippen molar-refractivity contribution in [3.8, 4) is 0 Å². The van der Waals surface area contributed by atoms with Crippen molar-refractivity contribution in [2.45, 2.75) is 32.9 Å². The third-order valence-electron chi connectivity index (χ3n) is 3.35. The van der Waals surface area contributed by atoms with Gasteiger partial charge >= 0.3 is 0 Å². The molecule has 0 aromatic carbocycles. The molecule has 0 aliphatic heterocycles. The monoisotopic (exact) mass is 330 g/mol. The summed E-state index contributed by atoms with van der Waals surface area (Å²) < 4.78 is 2.45. The van der Waals surface area contributed by atoms with E-state index < -0.39 is 6.04 Å². The number of likely N-dealkylation sites (N-methyl/N-ethyl adjacent to an activating group) is 1. The summed E-state index contributed by atoms with van der Waals surface area (Å²) >= 11 is 3.39. The van der Waals surface area contributed by atoms with Crippen LogP contribution in [0, 0.1) is 5.92 Å². The molecule has 2 atom stereocenters. The Morgan fingerprint density at radius 1 is 1.58 bits per heavy atom. The minimum absolute atomic E-state index is 0.0440. The van der Waals surface area contributed by atoms with Crippen LogP contribution in [0.1, 0.15) is 30.8 Å². The highest BCUT2D eigenvalue weighted by Crippen LogP contribution is 2.20. The van der Waals surface area contributed by atoms with Crippen molar-refractivity contribution in [2.75, 3.05) is 20.6 Å². The van der Waals surface area contributed by atoms with Crippen molar-refractivity contribution >= 4 is 21.7 Å². The Morgan fingerprint density at radius 2 is 2.21 bits per heavy atom. The van der Waals surface area contributed by atoms with Gasteiger partial charge in [-0.3, -0.25) is 9.48 Å². The molecule has 1 heterocycles. The van der Waals surface area contributed by atoms with Gasteiger partial charge in [0.25, 0.3) is 0 Å². The van der Waals surface area contributed by atoms with Gasteiger partial charge in [0, 0.05) is 6.54 Å². The molecule has 0 spiro atoms. The molecule has 0 saturated heterocycles. The topological polar surface area (TPSA) is 64.2 Å². The van der Waals surface area contributed by atoms with Crippen LogP contribution in [0.3, 0.4) is 0 Å². The molecule has 0 bridgehead atoms. The predicted molar refractivity (Wildman–Crippen MR) is 80.2 cm³/mol. The van der Waals surface area contributed by atoms with E-state index >= 15 is 0 Å². The molecule has 2 N–H and O–H groups in total. The third kappa shape index (κ3) is 4.12. The van der Waals surface area contributed by atoms with Crippen LogP contribution in [0.15, 0.2) is 10.7 Å². The maximum atomic E-state index is 12.5. The van der Waals surface area contributed by atoms with Crippen LogP contribution in [0.4, 0.5) is 0 Å². The second kappa shape index (κ2) is 7.17. The molecule has 0 fully saturated rings. The smallest absolute Gasteiger partial charge is 0.198 e. The quantitative estimate of drug-likeness (QED) is 0.774. The first-order valence-corrected chi connectivity index (χ1v) is 7.33. The van der Waals surface area contributed by atoms with E-state index in [1.165, 1.54) is 0 Å². The summed E-state index contributed by atoms with van der Waals surface area (Å²) in [7, 11) is 3.98. The standard InChI is InChI=1S/C13H23BrN4O/c1-5-9(2)11(15)13(19)12-10(14)8-16-18(12)7-6-17(3)4/h8-9,11H,5-7,15H2,1-4H3. The molecule has 2 unspecified atom stereocenters. The zero-order valence-corrected chi connectivity index (χ0v) is 13.6. The van der Waals surface area contributed by atoms with Gasteiger partial charge < -0.3 is 10.6 Å². The van der Waals surface area contributed by atoms with E-state index in [-0.39, 0.29) is 11.7 Å². The van der Waals surface area contributed by atoms with E-state index in [0.29, 0.717) is 12.2 Å². The number of ketones is 1. The Labute approximate surface area is 123 Å². The van der Waals surface area contributed by atoms with Gasteiger partial charge in [-0.15, -0.1) is 0 Å². The molecule has 0 aliphatic carbocycles. The molecule has 1 rings (SSSR count). The molecule has 5 nitrogen and oxygen atoms in total. The number of Topliss-reactive ketones (excluding diaryl/α,β-unsaturated/α-hetero) is 1. The van der Waals surface area contributed by atoms with Crippen LogP contribution in [0.2, 0.25) is 0 Å². The molecule has 0 aliphatic rings. The summed E-state index contributed by atoms with van der Waals surface area (Å²) in [5.41, 5.74) is 6.61. The second-order valence-electron chi connectivity index (χ2n) is 5.14. The average molecular weight is 331 g/mol. The van der Waals surface area contributed by atoms with Crippen LogP contribution in [-0.4, -0.2) is 47.1 Å². The molecule has 0 radical (unpaired) electrons. The fraction of sp³-hybridized carbons (Fsp3) is 0.692. The maximum absolute atomic E-state index is 12.5. The lowest BCUT2D eigenvalue weighted by molar-refractivity contribution is 0.0922. The molecular weight excluding hydrogens is 308 g/mol. The summed E-state index contributed by atoms with van der Waals surface area (Å²) in [6.45, 7) is 5.53. The molecular formula is C13H23BrN4O. The molecule has 0 saturated carbocycles. The lowest BCUT2D eigenvalue weighted by atomic mass is 9.95. The van der Waals surface area contributed by atoms with Gasteiger partial charge in [-0.1, -0.05) is 20.3 Å². The summed E-state index contributed by atoms with van der Waals surface area (Å²) in [6, 6.07) is -0.476. The minimum atomic E-state index is -0.476. The fourth-order valence-electron chi connectivity index (χ4n) is 1.74. The van der Waals surface area contributed by atoms with Gasteiger partial charge in [0.15, 0.2) is 5.78 Å². The van der Waals surface area contributed by atoms with E-state index in [0.717, 1.165) is 17.4 Å². The first-order valence-electron chi connectivity index (χ1n) is 6.54. The van der Waals surface area contributed by atoms with Gasteiger partial charge in [0.05, 0.1) is 23.3 Å². The van der Waals surface area contributed by atoms with E-state index in [2.05, 4.69) is 25.9 Å². The summed E-state index contributed by atoms with van der Waals surface area (Å²) in [4.78, 5) is 14.5. The zero-order valence-electron chi connectivity index (χ0n) is 12.1. The number of halogens is 1. The van der Waals surface area contributed by atoms with Crippen molar-refractivity contribution in [3.05, 3.63) is 16.4 Å². The highest BCUT2D eigenvalue weighted by molar-refractivity contribution is 9.10. The van der Waals surface area contributed by atoms with Gasteiger partial charge in [0.2, 0.25) is 0 Å². The average Bonchev–Trinajstić information content (AvgIpc) is 2.74. The Balaban J connectivity index is 2.92. The summed E-state index contributed by atoms with van der Waals surface area (Å²) in [5, 5.41) is 4.24. The lowest BCUT2D eigenvalue weighted by Crippen LogP contribution is -2.38. The van der Waals surface area contributed by atoms with Gasteiger partial charge in [-0.2, -0.15) is 5.10 Å². The third-order valence-corrected chi connectivity index (χ3v) is 3.93. The zero-order chi connectivity index (χ0) is 14.6. The normalized spacial score (nSPS) is 14.7. The predicted octanol–water partition coefficient (Wildman–Crippen LogP) is 1.76. The number of carbonyl (C=O) groups is 1. The van der Waals surface area contributed by atoms with Crippen molar-refractivity contribution in [2.24, 2.45) is 11.7 Å². The van der Waals surface area contributed by atoms with E-state index in [9.17, 15) is 4.79 Å². The van der Waals surface area contributed by atoms with Crippen LogP contribution >= 0.6 is 15.9 Å². The first-order chi connectivity index (χ1) is 8.88. The van der Waals surface area contributed by atoms with Crippen molar-refractivity contribution < 1.29 is 4.79 Å². The molecule has 1 aromatic heterocycles. The number of rotatable bonds is 7. The van der Waals surface area contributed by atoms with Crippen LogP contribution in [0.25, 0.3) is 0 Å². The molecule has 1 aromatic rings. The highest BCUT2D eigenvalue weighted by Gasteiger charge is 2.26. The lowest BCUT2D eigenvalue weighted by Gasteiger charge is -2.18. The highest BCUT2D eigenvalue weighted by atomic mass is 79.9. The number of nitrogens with zero attached hydrogens (tertiary/aromatic N) is 3. The Kier molecular flexibility index (Phi) is 6.16. The number of hydrogen-bond donors (Lipinski definition) is 1. The largest absolute Gasteiger partial charge is 0.321 e. The van der Waals surface area contributed by atoms with Gasteiger partial charge in [-0.25, -0.2) is 0 Å². The minimum Gasteiger partial charge on any atom is -0.321 e. The Morgan fingerprint density at radius 3 is 2.74 bits per heavy atom. The van der Waals surface area contributed by atoms with Gasteiger partial charge in [0.1, 0.15) is 5.69 Å². The van der Waals surface area contributed by atoms with E-state index in [1.807, 2.05) is 27.9 Å². The SMILES string of the molecule is CCC(C)C(N)C(=O)c1c(Br)cnn1CCN(C)C. The number of aromatic nitrogens is 2. The van der Waals surface area contributed by atoms with E-state index in [4.69, 9.17) is 5.73 Å². The Hall–Kier alpha value is -0.720.